The number of thioether (sulfide) groups is 3. The summed E-state index contributed by atoms with van der Waals surface area (Å²) >= 11 is 5.08. The summed E-state index contributed by atoms with van der Waals surface area (Å²) in [5, 5.41) is 2.20. The van der Waals surface area contributed by atoms with Crippen molar-refractivity contribution in [3.63, 3.8) is 0 Å². The van der Waals surface area contributed by atoms with Crippen molar-refractivity contribution in [3.8, 4) is 11.5 Å². The van der Waals surface area contributed by atoms with Gasteiger partial charge in [0.1, 0.15) is 15.9 Å². The monoisotopic (exact) mass is 437 g/mol. The van der Waals surface area contributed by atoms with E-state index < -0.39 is 0 Å². The first-order valence-electron chi connectivity index (χ1n) is 8.94. The number of para-hydroxylation sites is 1. The molecule has 0 bridgehead atoms. The molecule has 0 aromatic heterocycles. The first-order chi connectivity index (χ1) is 14.2. The Labute approximate surface area is 183 Å². The Morgan fingerprint density at radius 1 is 0.793 bits per heavy atom. The number of rotatable bonds is 5. The molecule has 146 valence electrons. The van der Waals surface area contributed by atoms with E-state index in [0.717, 1.165) is 32.0 Å². The largest absolute Gasteiger partial charge is 0.497 e. The molecule has 3 nitrogen and oxygen atoms in total. The van der Waals surface area contributed by atoms with Crippen LogP contribution in [0.4, 0.5) is 5.69 Å². The molecule has 0 radical (unpaired) electrons. The molecule has 0 N–H and O–H groups in total. The van der Waals surface area contributed by atoms with Crippen LogP contribution in [0, 0.1) is 0 Å². The lowest BCUT2D eigenvalue weighted by Crippen LogP contribution is -1.95. The Morgan fingerprint density at radius 3 is 2.07 bits per heavy atom. The number of benzene rings is 3. The van der Waals surface area contributed by atoms with Crippen LogP contribution >= 0.6 is 35.3 Å². The van der Waals surface area contributed by atoms with E-state index in [-0.39, 0.29) is 0 Å². The molecule has 0 atom stereocenters. The van der Waals surface area contributed by atoms with Gasteiger partial charge in [-0.3, -0.25) is 0 Å². The lowest BCUT2D eigenvalue weighted by Gasteiger charge is -2.17. The minimum Gasteiger partial charge on any atom is -0.497 e. The molecule has 1 aliphatic rings. The van der Waals surface area contributed by atoms with Crippen molar-refractivity contribution >= 4 is 50.3 Å². The number of aliphatic imine (C=N–C) groups is 1. The van der Waals surface area contributed by atoms with Crippen LogP contribution in [-0.4, -0.2) is 18.6 Å². The van der Waals surface area contributed by atoms with E-state index in [1.165, 1.54) is 9.80 Å². The molecule has 0 spiro atoms. The van der Waals surface area contributed by atoms with E-state index >= 15 is 0 Å². The summed E-state index contributed by atoms with van der Waals surface area (Å²) in [4.78, 5) is 8.36. The standard InChI is InChI=1S/C23H19NO2S3/c1-25-16-7-11-18(12-8-16)27-15-22-20-5-3-4-6-21(20)24-23(29-22)28-19-13-9-17(26-2)10-14-19/h3-15H,1-2H3/b22-15-. The van der Waals surface area contributed by atoms with Gasteiger partial charge in [-0.05, 0) is 60.0 Å². The van der Waals surface area contributed by atoms with Crippen molar-refractivity contribution in [2.75, 3.05) is 14.2 Å². The van der Waals surface area contributed by atoms with Gasteiger partial charge >= 0.3 is 0 Å². The van der Waals surface area contributed by atoms with E-state index in [4.69, 9.17) is 14.5 Å². The van der Waals surface area contributed by atoms with Crippen molar-refractivity contribution in [1.82, 2.24) is 0 Å². The fourth-order valence-corrected chi connectivity index (χ4v) is 5.66. The van der Waals surface area contributed by atoms with E-state index in [9.17, 15) is 0 Å². The highest BCUT2D eigenvalue weighted by Gasteiger charge is 2.18. The fourth-order valence-electron chi connectivity index (χ4n) is 2.70. The molecule has 29 heavy (non-hydrogen) atoms. The molecule has 1 aliphatic heterocycles. The average Bonchev–Trinajstić information content (AvgIpc) is 2.78. The van der Waals surface area contributed by atoms with Gasteiger partial charge in [0.2, 0.25) is 0 Å². The van der Waals surface area contributed by atoms with Crippen LogP contribution in [0.1, 0.15) is 5.56 Å². The van der Waals surface area contributed by atoms with Gasteiger partial charge in [0.05, 0.1) is 19.9 Å². The van der Waals surface area contributed by atoms with Crippen LogP contribution in [-0.2, 0) is 0 Å². The summed E-state index contributed by atoms with van der Waals surface area (Å²) in [6, 6.07) is 24.4. The summed E-state index contributed by atoms with van der Waals surface area (Å²) in [5.74, 6) is 1.72. The maximum atomic E-state index is 5.25. The minimum atomic E-state index is 0.856. The highest BCUT2D eigenvalue weighted by atomic mass is 32.2. The van der Waals surface area contributed by atoms with Crippen LogP contribution in [0.2, 0.25) is 0 Å². The normalized spacial score (nSPS) is 14.3. The van der Waals surface area contributed by atoms with Crippen LogP contribution in [0.25, 0.3) is 4.91 Å². The van der Waals surface area contributed by atoms with Gasteiger partial charge in [-0.1, -0.05) is 53.5 Å². The SMILES string of the molecule is COc1ccc(S/C=C2\SC(Sc3ccc(OC)cc3)=Nc3ccccc32)cc1. The number of hydrogen-bond donors (Lipinski definition) is 0. The zero-order valence-electron chi connectivity index (χ0n) is 16.0. The third kappa shape index (κ3) is 5.01. The Kier molecular flexibility index (Phi) is 6.54. The molecule has 3 aromatic carbocycles. The summed E-state index contributed by atoms with van der Waals surface area (Å²) in [5.41, 5.74) is 2.17. The van der Waals surface area contributed by atoms with E-state index in [1.807, 2.05) is 30.3 Å². The van der Waals surface area contributed by atoms with Gasteiger partial charge in [0.25, 0.3) is 0 Å². The molecule has 0 aliphatic carbocycles. The fraction of sp³-hybridized carbons (Fsp3) is 0.0870. The van der Waals surface area contributed by atoms with Gasteiger partial charge in [-0.15, -0.1) is 0 Å². The zero-order valence-corrected chi connectivity index (χ0v) is 18.4. The molecular formula is C23H19NO2S3. The van der Waals surface area contributed by atoms with Gasteiger partial charge in [0.15, 0.2) is 0 Å². The Balaban J connectivity index is 1.56. The summed E-state index contributed by atoms with van der Waals surface area (Å²) < 4.78 is 11.5. The number of methoxy groups -OCH3 is 2. The number of ether oxygens (including phenoxy) is 2. The van der Waals surface area contributed by atoms with E-state index in [0.29, 0.717) is 0 Å². The van der Waals surface area contributed by atoms with Gasteiger partial charge < -0.3 is 9.47 Å². The first-order valence-corrected chi connectivity index (χ1v) is 11.4. The summed E-state index contributed by atoms with van der Waals surface area (Å²) in [6.45, 7) is 0. The van der Waals surface area contributed by atoms with Gasteiger partial charge in [-0.2, -0.15) is 0 Å². The lowest BCUT2D eigenvalue weighted by molar-refractivity contribution is 0.414. The van der Waals surface area contributed by atoms with Crippen molar-refractivity contribution in [2.45, 2.75) is 9.79 Å². The maximum absolute atomic E-state index is 5.25. The zero-order chi connectivity index (χ0) is 20.1. The van der Waals surface area contributed by atoms with Gasteiger partial charge in [-0.25, -0.2) is 4.99 Å². The molecule has 6 heteroatoms. The molecule has 0 unspecified atom stereocenters. The van der Waals surface area contributed by atoms with Crippen LogP contribution < -0.4 is 9.47 Å². The molecule has 4 rings (SSSR count). The smallest absolute Gasteiger partial charge is 0.140 e. The highest BCUT2D eigenvalue weighted by molar-refractivity contribution is 8.42. The van der Waals surface area contributed by atoms with Crippen LogP contribution in [0.15, 0.2) is 93.0 Å². The second-order valence-electron chi connectivity index (χ2n) is 6.05. The summed E-state index contributed by atoms with van der Waals surface area (Å²) in [6.07, 6.45) is 0. The third-order valence-electron chi connectivity index (χ3n) is 4.20. The first kappa shape index (κ1) is 20.0. The molecular weight excluding hydrogens is 418 g/mol. The molecule has 0 saturated heterocycles. The predicted molar refractivity (Wildman–Crippen MR) is 127 cm³/mol. The molecule has 3 aromatic rings. The molecule has 1 heterocycles. The second-order valence-corrected chi connectivity index (χ2v) is 9.34. The topological polar surface area (TPSA) is 30.8 Å². The predicted octanol–water partition coefficient (Wildman–Crippen LogP) is 7.32. The number of fused-ring (bicyclic) bond motifs is 1. The summed E-state index contributed by atoms with van der Waals surface area (Å²) in [7, 11) is 3.36. The average molecular weight is 438 g/mol. The minimum absolute atomic E-state index is 0.856. The molecule has 0 amide bonds. The number of nitrogens with zero attached hydrogens (tertiary/aromatic N) is 1. The molecule has 0 saturated carbocycles. The lowest BCUT2D eigenvalue weighted by atomic mass is 10.2. The third-order valence-corrected chi connectivity index (χ3v) is 7.35. The van der Waals surface area contributed by atoms with Crippen molar-refractivity contribution in [2.24, 2.45) is 4.99 Å². The maximum Gasteiger partial charge on any atom is 0.140 e. The van der Waals surface area contributed by atoms with Crippen molar-refractivity contribution in [3.05, 3.63) is 83.8 Å². The van der Waals surface area contributed by atoms with Crippen LogP contribution in [0.5, 0.6) is 11.5 Å². The highest BCUT2D eigenvalue weighted by Crippen LogP contribution is 2.46. The van der Waals surface area contributed by atoms with Gasteiger partial charge in [0, 0.05) is 20.3 Å². The van der Waals surface area contributed by atoms with E-state index in [2.05, 4.69) is 47.9 Å². The molecule has 0 fully saturated rings. The van der Waals surface area contributed by atoms with E-state index in [1.54, 1.807) is 49.5 Å². The van der Waals surface area contributed by atoms with Crippen LogP contribution in [0.3, 0.4) is 0 Å². The van der Waals surface area contributed by atoms with Crippen molar-refractivity contribution < 1.29 is 9.47 Å². The Morgan fingerprint density at radius 2 is 1.41 bits per heavy atom. The quantitative estimate of drug-likeness (QED) is 0.390. The Hall–Kier alpha value is -2.28. The van der Waals surface area contributed by atoms with Crippen molar-refractivity contribution in [1.29, 1.82) is 0 Å². The second kappa shape index (κ2) is 9.48. The Bertz CT molecular complexity index is 1040. The number of hydrogen-bond acceptors (Lipinski definition) is 6.